The molecule has 1 amide bonds. The van der Waals surface area contributed by atoms with Crippen molar-refractivity contribution in [3.63, 3.8) is 0 Å². The summed E-state index contributed by atoms with van der Waals surface area (Å²) in [6, 6.07) is 3.48. The van der Waals surface area contributed by atoms with Gasteiger partial charge in [-0.15, -0.1) is 10.2 Å². The molecule has 0 spiro atoms. The maximum atomic E-state index is 12.2. The topological polar surface area (TPSA) is 85.8 Å². The van der Waals surface area contributed by atoms with Crippen LogP contribution in [0.1, 0.15) is 40.1 Å². The van der Waals surface area contributed by atoms with E-state index in [1.807, 2.05) is 17.8 Å². The number of carbonyl (C=O) groups is 1. The first-order valence-electron chi connectivity index (χ1n) is 7.52. The largest absolute Gasteiger partial charge is 0.455 e. The monoisotopic (exact) mass is 361 g/mol. The van der Waals surface area contributed by atoms with Crippen LogP contribution < -0.4 is 5.32 Å². The molecule has 0 aliphatic heterocycles. The number of hydrogen-bond acceptors (Lipinski definition) is 7. The number of hydrogen-bond donors (Lipinski definition) is 1. The zero-order valence-electron chi connectivity index (χ0n) is 12.9. The van der Waals surface area contributed by atoms with E-state index in [2.05, 4.69) is 20.5 Å². The smallest absolute Gasteiger partial charge is 0.293 e. The van der Waals surface area contributed by atoms with Crippen molar-refractivity contribution in [1.29, 1.82) is 0 Å². The van der Waals surface area contributed by atoms with Crippen molar-refractivity contribution in [2.75, 3.05) is 5.32 Å². The van der Waals surface area contributed by atoms with Crippen LogP contribution in [0.25, 0.3) is 0 Å². The lowest BCUT2D eigenvalue weighted by Gasteiger charge is -1.99. The summed E-state index contributed by atoms with van der Waals surface area (Å²) in [5.41, 5.74) is 0. The first-order chi connectivity index (χ1) is 11.7. The van der Waals surface area contributed by atoms with Gasteiger partial charge in [-0.1, -0.05) is 23.1 Å². The second kappa shape index (κ2) is 6.40. The molecular weight excluding hydrogens is 346 g/mol. The van der Waals surface area contributed by atoms with Crippen LogP contribution in [0.5, 0.6) is 0 Å². The molecule has 4 rings (SSSR count). The summed E-state index contributed by atoms with van der Waals surface area (Å²) in [7, 11) is 1.94. The van der Waals surface area contributed by atoms with Crippen molar-refractivity contribution in [2.45, 2.75) is 29.7 Å². The minimum Gasteiger partial charge on any atom is -0.455 e. The van der Waals surface area contributed by atoms with Gasteiger partial charge in [-0.2, -0.15) is 0 Å². The van der Waals surface area contributed by atoms with Crippen LogP contribution in [0.15, 0.2) is 34.1 Å². The van der Waals surface area contributed by atoms with Gasteiger partial charge in [-0.25, -0.2) is 4.98 Å². The molecule has 0 unspecified atom stereocenters. The molecule has 0 atom stereocenters. The molecule has 3 aromatic heterocycles. The third kappa shape index (κ3) is 3.36. The number of imidazole rings is 1. The van der Waals surface area contributed by atoms with Crippen molar-refractivity contribution in [2.24, 2.45) is 7.05 Å². The van der Waals surface area contributed by atoms with Crippen molar-refractivity contribution in [3.05, 3.63) is 41.1 Å². The molecule has 3 aromatic rings. The molecule has 0 bridgehead atoms. The zero-order valence-corrected chi connectivity index (χ0v) is 14.6. The quantitative estimate of drug-likeness (QED) is 0.678. The van der Waals surface area contributed by atoms with E-state index in [1.54, 1.807) is 30.1 Å². The van der Waals surface area contributed by atoms with Crippen LogP contribution in [0.3, 0.4) is 0 Å². The fourth-order valence-corrected chi connectivity index (χ4v) is 3.88. The minimum absolute atomic E-state index is 0.272. The summed E-state index contributed by atoms with van der Waals surface area (Å²) < 4.78 is 7.55. The third-order valence-electron chi connectivity index (χ3n) is 3.59. The average Bonchev–Trinajstić information content (AvgIpc) is 2.98. The lowest BCUT2D eigenvalue weighted by atomic mass is 10.4. The van der Waals surface area contributed by atoms with Crippen LogP contribution in [-0.2, 0) is 12.8 Å². The summed E-state index contributed by atoms with van der Waals surface area (Å²) in [6.07, 6.45) is 5.97. The maximum Gasteiger partial charge on any atom is 0.293 e. The Bertz CT molecular complexity index is 865. The van der Waals surface area contributed by atoms with Crippen LogP contribution in [0.2, 0.25) is 0 Å². The molecule has 1 saturated carbocycles. The van der Waals surface area contributed by atoms with E-state index in [1.165, 1.54) is 11.3 Å². The summed E-state index contributed by atoms with van der Waals surface area (Å²) >= 11 is 2.99. The molecule has 1 fully saturated rings. The number of amides is 1. The van der Waals surface area contributed by atoms with Crippen LogP contribution in [0.4, 0.5) is 5.13 Å². The number of carbonyl (C=O) groups excluding carboxylic acids is 1. The van der Waals surface area contributed by atoms with Crippen LogP contribution >= 0.6 is 23.1 Å². The molecule has 124 valence electrons. The van der Waals surface area contributed by atoms with E-state index in [9.17, 15) is 4.79 Å². The molecule has 0 radical (unpaired) electrons. The Morgan fingerprint density at radius 3 is 3.08 bits per heavy atom. The van der Waals surface area contributed by atoms with E-state index in [4.69, 9.17) is 4.42 Å². The average molecular weight is 361 g/mol. The Balaban J connectivity index is 1.36. The molecule has 0 aromatic carbocycles. The number of nitrogens with zero attached hydrogens (tertiary/aromatic N) is 4. The number of thioether (sulfide) groups is 1. The second-order valence-electron chi connectivity index (χ2n) is 5.55. The third-order valence-corrected chi connectivity index (χ3v) is 5.68. The molecule has 24 heavy (non-hydrogen) atoms. The van der Waals surface area contributed by atoms with Gasteiger partial charge in [0.25, 0.3) is 5.91 Å². The summed E-state index contributed by atoms with van der Waals surface area (Å²) in [5, 5.41) is 13.3. The highest BCUT2D eigenvalue weighted by Crippen LogP contribution is 2.42. The van der Waals surface area contributed by atoms with Crippen molar-refractivity contribution < 1.29 is 9.21 Å². The van der Waals surface area contributed by atoms with Gasteiger partial charge in [0, 0.05) is 25.4 Å². The number of furan rings is 1. The van der Waals surface area contributed by atoms with Gasteiger partial charge in [0.05, 0.1) is 5.75 Å². The standard InChI is InChI=1S/C15H15N5O2S2/c1-20-7-6-16-15(20)23-8-10-4-5-11(22-10)12(21)17-14-19-18-13(24-14)9-2-3-9/h4-7,9H,2-3,8H2,1H3,(H,17,19,21). The summed E-state index contributed by atoms with van der Waals surface area (Å²) in [4.78, 5) is 16.5. The van der Waals surface area contributed by atoms with E-state index in [0.717, 1.165) is 28.8 Å². The SMILES string of the molecule is Cn1ccnc1SCc1ccc(C(=O)Nc2nnc(C3CC3)s2)o1. The van der Waals surface area contributed by atoms with Crippen LogP contribution in [-0.4, -0.2) is 25.7 Å². The molecule has 1 aliphatic carbocycles. The van der Waals surface area contributed by atoms with Gasteiger partial charge in [0.2, 0.25) is 5.13 Å². The Kier molecular flexibility index (Phi) is 4.11. The minimum atomic E-state index is -0.304. The Morgan fingerprint density at radius 1 is 1.46 bits per heavy atom. The van der Waals surface area contributed by atoms with E-state index < -0.39 is 0 Å². The predicted octanol–water partition coefficient (Wildman–Crippen LogP) is 3.29. The Morgan fingerprint density at radius 2 is 2.33 bits per heavy atom. The second-order valence-corrected chi connectivity index (χ2v) is 7.50. The van der Waals surface area contributed by atoms with Gasteiger partial charge in [0.15, 0.2) is 10.9 Å². The molecule has 0 saturated heterocycles. The lowest BCUT2D eigenvalue weighted by molar-refractivity contribution is 0.0995. The van der Waals surface area contributed by atoms with Gasteiger partial charge in [0.1, 0.15) is 10.8 Å². The van der Waals surface area contributed by atoms with Crippen molar-refractivity contribution in [1.82, 2.24) is 19.7 Å². The highest BCUT2D eigenvalue weighted by molar-refractivity contribution is 7.98. The maximum absolute atomic E-state index is 12.2. The van der Waals surface area contributed by atoms with E-state index in [-0.39, 0.29) is 11.7 Å². The molecule has 7 nitrogen and oxygen atoms in total. The van der Waals surface area contributed by atoms with Crippen molar-refractivity contribution in [3.8, 4) is 0 Å². The highest BCUT2D eigenvalue weighted by atomic mass is 32.2. The predicted molar refractivity (Wildman–Crippen MR) is 91.3 cm³/mol. The zero-order chi connectivity index (χ0) is 16.5. The van der Waals surface area contributed by atoms with E-state index in [0.29, 0.717) is 16.8 Å². The van der Waals surface area contributed by atoms with Gasteiger partial charge in [-0.05, 0) is 25.0 Å². The van der Waals surface area contributed by atoms with Gasteiger partial charge < -0.3 is 8.98 Å². The first kappa shape index (κ1) is 15.4. The summed E-state index contributed by atoms with van der Waals surface area (Å²) in [6.45, 7) is 0. The fraction of sp³-hybridized carbons (Fsp3) is 0.333. The molecular formula is C15H15N5O2S2. The Hall–Kier alpha value is -2.13. The number of aryl methyl sites for hydroxylation is 1. The normalized spacial score (nSPS) is 14.0. The molecule has 9 heteroatoms. The molecule has 3 heterocycles. The Labute approximate surface area is 146 Å². The number of aromatic nitrogens is 4. The van der Waals surface area contributed by atoms with Gasteiger partial charge >= 0.3 is 0 Å². The lowest BCUT2D eigenvalue weighted by Crippen LogP contribution is -2.10. The molecule has 1 aliphatic rings. The summed E-state index contributed by atoms with van der Waals surface area (Å²) in [5.74, 6) is 1.84. The fourth-order valence-electron chi connectivity index (χ4n) is 2.14. The number of rotatable bonds is 6. The van der Waals surface area contributed by atoms with Crippen molar-refractivity contribution >= 4 is 34.1 Å². The van der Waals surface area contributed by atoms with Gasteiger partial charge in [-0.3, -0.25) is 10.1 Å². The van der Waals surface area contributed by atoms with E-state index >= 15 is 0 Å². The highest BCUT2D eigenvalue weighted by Gasteiger charge is 2.28. The molecule has 1 N–H and O–H groups in total. The number of anilines is 1. The van der Waals surface area contributed by atoms with Crippen LogP contribution in [0, 0.1) is 0 Å². The number of nitrogens with one attached hydrogen (secondary N) is 1. The first-order valence-corrected chi connectivity index (χ1v) is 9.33.